The molecule has 2 rings (SSSR count). The average molecular weight is 281 g/mol. The minimum Gasteiger partial charge on any atom is -0.322 e. The van der Waals surface area contributed by atoms with Crippen molar-refractivity contribution in [3.63, 3.8) is 0 Å². The highest BCUT2D eigenvalue weighted by molar-refractivity contribution is 6.04. The maximum absolute atomic E-state index is 12.2. The first kappa shape index (κ1) is 14.5. The Morgan fingerprint density at radius 3 is 2.62 bits per heavy atom. The van der Waals surface area contributed by atoms with Gasteiger partial charge in [-0.15, -0.1) is 0 Å². The summed E-state index contributed by atoms with van der Waals surface area (Å²) in [6.45, 7) is 1.95. The van der Waals surface area contributed by atoms with Crippen LogP contribution in [0.3, 0.4) is 0 Å². The molecule has 1 amide bonds. The fourth-order valence-corrected chi connectivity index (χ4v) is 1.81. The van der Waals surface area contributed by atoms with Crippen LogP contribution in [0.25, 0.3) is 0 Å². The first-order valence-electron chi connectivity index (χ1n) is 6.45. The van der Waals surface area contributed by atoms with Crippen molar-refractivity contribution in [1.82, 2.24) is 4.98 Å². The van der Waals surface area contributed by atoms with Crippen LogP contribution in [0.2, 0.25) is 0 Å². The van der Waals surface area contributed by atoms with Crippen molar-refractivity contribution in [3.05, 3.63) is 53.2 Å². The van der Waals surface area contributed by atoms with Gasteiger partial charge in [0.1, 0.15) is 5.82 Å². The van der Waals surface area contributed by atoms with Crippen LogP contribution in [0.4, 0.5) is 11.5 Å². The van der Waals surface area contributed by atoms with Gasteiger partial charge in [-0.25, -0.2) is 10.8 Å². The largest absolute Gasteiger partial charge is 0.322 e. The number of nitrogens with one attached hydrogen (secondary N) is 2. The van der Waals surface area contributed by atoms with Crippen LogP contribution in [0, 0.1) is 11.3 Å². The zero-order valence-electron chi connectivity index (χ0n) is 11.6. The molecule has 1 aromatic carbocycles. The SMILES string of the molecule is CCc1cc(C(=O)Nc2ccc(C#N)cc2)cc(NN)n1. The standard InChI is InChI=1S/C15H15N5O/c1-2-12-7-11(8-14(18-12)20-17)15(21)19-13-5-3-10(9-16)4-6-13/h3-8H,2,17H2,1H3,(H,18,20)(H,19,21). The van der Waals surface area contributed by atoms with E-state index in [4.69, 9.17) is 11.1 Å². The van der Waals surface area contributed by atoms with E-state index in [2.05, 4.69) is 15.7 Å². The van der Waals surface area contributed by atoms with Gasteiger partial charge in [0.25, 0.3) is 5.91 Å². The summed E-state index contributed by atoms with van der Waals surface area (Å²) in [5.74, 6) is 5.54. The molecule has 0 aliphatic carbocycles. The number of amides is 1. The van der Waals surface area contributed by atoms with Gasteiger partial charge in [0.15, 0.2) is 0 Å². The number of carbonyl (C=O) groups is 1. The number of carbonyl (C=O) groups excluding carboxylic acids is 1. The Hall–Kier alpha value is -2.91. The molecule has 0 fully saturated rings. The summed E-state index contributed by atoms with van der Waals surface area (Å²) in [4.78, 5) is 16.5. The van der Waals surface area contributed by atoms with E-state index in [1.807, 2.05) is 13.0 Å². The summed E-state index contributed by atoms with van der Waals surface area (Å²) >= 11 is 0. The van der Waals surface area contributed by atoms with Gasteiger partial charge in [0, 0.05) is 16.9 Å². The zero-order chi connectivity index (χ0) is 15.2. The molecule has 0 spiro atoms. The van der Waals surface area contributed by atoms with Gasteiger partial charge < -0.3 is 10.7 Å². The van der Waals surface area contributed by atoms with Crippen molar-refractivity contribution < 1.29 is 4.79 Å². The highest BCUT2D eigenvalue weighted by atomic mass is 16.1. The first-order valence-corrected chi connectivity index (χ1v) is 6.45. The molecule has 1 heterocycles. The molecule has 0 saturated heterocycles. The molecule has 0 unspecified atom stereocenters. The molecule has 0 radical (unpaired) electrons. The number of aromatic nitrogens is 1. The van der Waals surface area contributed by atoms with Crippen molar-refractivity contribution in [2.24, 2.45) is 5.84 Å². The number of hydrogen-bond donors (Lipinski definition) is 3. The molecular formula is C15H15N5O. The Balaban J connectivity index is 2.21. The maximum atomic E-state index is 12.2. The van der Waals surface area contributed by atoms with E-state index in [0.717, 1.165) is 5.69 Å². The number of nitriles is 1. The second-order valence-corrected chi connectivity index (χ2v) is 4.37. The Bertz CT molecular complexity index is 666. The van der Waals surface area contributed by atoms with Crippen molar-refractivity contribution in [2.45, 2.75) is 13.3 Å². The smallest absolute Gasteiger partial charge is 0.255 e. The summed E-state index contributed by atoms with van der Waals surface area (Å²) in [6, 6.07) is 12.0. The predicted octanol–water partition coefficient (Wildman–Crippen LogP) is 2.05. The molecule has 6 nitrogen and oxygen atoms in total. The lowest BCUT2D eigenvalue weighted by Gasteiger charge is -2.08. The Labute approximate surface area is 122 Å². The third-order valence-corrected chi connectivity index (χ3v) is 2.92. The molecule has 0 atom stereocenters. The monoisotopic (exact) mass is 281 g/mol. The highest BCUT2D eigenvalue weighted by Gasteiger charge is 2.09. The number of hydrazine groups is 1. The lowest BCUT2D eigenvalue weighted by atomic mass is 10.1. The van der Waals surface area contributed by atoms with Crippen LogP contribution >= 0.6 is 0 Å². The van der Waals surface area contributed by atoms with Gasteiger partial charge in [-0.05, 0) is 42.8 Å². The van der Waals surface area contributed by atoms with Gasteiger partial charge in [-0.2, -0.15) is 5.26 Å². The van der Waals surface area contributed by atoms with Crippen molar-refractivity contribution in [2.75, 3.05) is 10.7 Å². The average Bonchev–Trinajstić information content (AvgIpc) is 2.54. The molecule has 2 aromatic rings. The molecule has 0 bridgehead atoms. The second-order valence-electron chi connectivity index (χ2n) is 4.37. The summed E-state index contributed by atoms with van der Waals surface area (Å²) in [5, 5.41) is 11.5. The number of pyridine rings is 1. The number of nitrogen functional groups attached to an aromatic ring is 1. The number of nitrogens with zero attached hydrogens (tertiary/aromatic N) is 2. The van der Waals surface area contributed by atoms with Crippen LogP contribution in [0.5, 0.6) is 0 Å². The number of anilines is 2. The van der Waals surface area contributed by atoms with Crippen LogP contribution in [0.15, 0.2) is 36.4 Å². The highest BCUT2D eigenvalue weighted by Crippen LogP contribution is 2.14. The fraction of sp³-hybridized carbons (Fsp3) is 0.133. The van der Waals surface area contributed by atoms with Gasteiger partial charge in [-0.1, -0.05) is 6.92 Å². The van der Waals surface area contributed by atoms with Crippen LogP contribution in [-0.2, 0) is 6.42 Å². The van der Waals surface area contributed by atoms with E-state index in [-0.39, 0.29) is 5.91 Å². The number of benzene rings is 1. The number of nitrogens with two attached hydrogens (primary N) is 1. The lowest BCUT2D eigenvalue weighted by molar-refractivity contribution is 0.102. The van der Waals surface area contributed by atoms with Crippen molar-refractivity contribution in [3.8, 4) is 6.07 Å². The van der Waals surface area contributed by atoms with E-state index in [0.29, 0.717) is 29.1 Å². The third-order valence-electron chi connectivity index (χ3n) is 2.92. The summed E-state index contributed by atoms with van der Waals surface area (Å²) in [7, 11) is 0. The van der Waals surface area contributed by atoms with E-state index in [9.17, 15) is 4.79 Å². The normalized spacial score (nSPS) is 9.76. The van der Waals surface area contributed by atoms with E-state index >= 15 is 0 Å². The van der Waals surface area contributed by atoms with Crippen molar-refractivity contribution in [1.29, 1.82) is 5.26 Å². The molecule has 1 aromatic heterocycles. The predicted molar refractivity (Wildman–Crippen MR) is 80.5 cm³/mol. The molecule has 21 heavy (non-hydrogen) atoms. The molecule has 0 saturated carbocycles. The van der Waals surface area contributed by atoms with E-state index < -0.39 is 0 Å². The second kappa shape index (κ2) is 6.50. The minimum atomic E-state index is -0.256. The third kappa shape index (κ3) is 3.55. The Kier molecular flexibility index (Phi) is 4.49. The maximum Gasteiger partial charge on any atom is 0.255 e. The number of aryl methyl sites for hydroxylation is 1. The Morgan fingerprint density at radius 1 is 1.33 bits per heavy atom. The first-order chi connectivity index (χ1) is 10.2. The summed E-state index contributed by atoms with van der Waals surface area (Å²) in [6.07, 6.45) is 0.701. The summed E-state index contributed by atoms with van der Waals surface area (Å²) in [5.41, 5.74) is 4.86. The molecule has 0 aliphatic heterocycles. The molecule has 6 heteroatoms. The minimum absolute atomic E-state index is 0.256. The summed E-state index contributed by atoms with van der Waals surface area (Å²) < 4.78 is 0. The Morgan fingerprint density at radius 2 is 2.05 bits per heavy atom. The number of hydrogen-bond acceptors (Lipinski definition) is 5. The van der Waals surface area contributed by atoms with Gasteiger partial charge in [-0.3, -0.25) is 4.79 Å². The molecule has 106 valence electrons. The van der Waals surface area contributed by atoms with Gasteiger partial charge >= 0.3 is 0 Å². The zero-order valence-corrected chi connectivity index (χ0v) is 11.6. The topological polar surface area (TPSA) is 104 Å². The molecule has 0 aliphatic rings. The van der Waals surface area contributed by atoms with Gasteiger partial charge in [0.2, 0.25) is 0 Å². The van der Waals surface area contributed by atoms with Gasteiger partial charge in [0.05, 0.1) is 11.6 Å². The lowest BCUT2D eigenvalue weighted by Crippen LogP contribution is -2.15. The van der Waals surface area contributed by atoms with E-state index in [1.54, 1.807) is 36.4 Å². The molecular weight excluding hydrogens is 266 g/mol. The number of rotatable bonds is 4. The quantitative estimate of drug-likeness (QED) is 0.587. The fourth-order valence-electron chi connectivity index (χ4n) is 1.81. The van der Waals surface area contributed by atoms with Crippen LogP contribution < -0.4 is 16.6 Å². The van der Waals surface area contributed by atoms with Crippen molar-refractivity contribution >= 4 is 17.4 Å². The van der Waals surface area contributed by atoms with Crippen LogP contribution in [-0.4, -0.2) is 10.9 Å². The van der Waals surface area contributed by atoms with E-state index in [1.165, 1.54) is 0 Å². The molecule has 4 N–H and O–H groups in total. The van der Waals surface area contributed by atoms with Crippen LogP contribution in [0.1, 0.15) is 28.5 Å².